The summed E-state index contributed by atoms with van der Waals surface area (Å²) in [6.07, 6.45) is 31.2. The second kappa shape index (κ2) is 23.9. The first-order valence-corrected chi connectivity index (χ1v) is 14.1. The third-order valence-electron chi connectivity index (χ3n) is 6.86. The first-order valence-electron chi connectivity index (χ1n) is 14.1. The molecule has 0 aliphatic carbocycles. The van der Waals surface area contributed by atoms with Crippen molar-refractivity contribution >= 4 is 0 Å². The Kier molecular flexibility index (Phi) is 23.4. The minimum Gasteiger partial charge on any atom is -0.381 e. The van der Waals surface area contributed by atoms with Gasteiger partial charge in [0.05, 0.1) is 0 Å². The van der Waals surface area contributed by atoms with Gasteiger partial charge in [0, 0.05) is 13.6 Å². The molecule has 0 rings (SSSR count). The van der Waals surface area contributed by atoms with Crippen LogP contribution in [0.2, 0.25) is 0 Å². The fourth-order valence-electron chi connectivity index (χ4n) is 4.64. The first-order chi connectivity index (χ1) is 15.1. The van der Waals surface area contributed by atoms with Crippen molar-refractivity contribution < 1.29 is 0 Å². The van der Waals surface area contributed by atoms with Gasteiger partial charge in [-0.2, -0.15) is 0 Å². The van der Waals surface area contributed by atoms with E-state index in [0.29, 0.717) is 0 Å². The van der Waals surface area contributed by atoms with Crippen molar-refractivity contribution in [2.75, 3.05) is 13.6 Å². The topological polar surface area (TPSA) is 3.24 Å². The average molecular weight is 434 g/mol. The molecule has 0 atom stereocenters. The first kappa shape index (κ1) is 30.3. The van der Waals surface area contributed by atoms with Crippen LogP contribution in [0.1, 0.15) is 149 Å². The molecule has 184 valence electrons. The summed E-state index contributed by atoms with van der Waals surface area (Å²) < 4.78 is 0. The third kappa shape index (κ3) is 22.3. The van der Waals surface area contributed by atoms with E-state index in [9.17, 15) is 0 Å². The summed E-state index contributed by atoms with van der Waals surface area (Å²) in [5.74, 6) is 0.902. The minimum absolute atomic E-state index is 0.902. The molecule has 0 heterocycles. The highest BCUT2D eigenvalue weighted by Crippen LogP contribution is 2.27. The van der Waals surface area contributed by atoms with Crippen LogP contribution in [0, 0.1) is 5.92 Å². The predicted octanol–water partition coefficient (Wildman–Crippen LogP) is 10.5. The molecule has 0 radical (unpaired) electrons. The molecule has 0 aliphatic heterocycles. The Morgan fingerprint density at radius 1 is 0.677 bits per heavy atom. The average Bonchev–Trinajstić information content (AvgIpc) is 2.77. The predicted molar refractivity (Wildman–Crippen MR) is 144 cm³/mol. The highest BCUT2D eigenvalue weighted by molar-refractivity contribution is 4.95. The summed E-state index contributed by atoms with van der Waals surface area (Å²) in [7, 11) is 2.11. The standard InChI is InChI=1S/C30H59N/c1-6-9-11-13-17-21-25-30(26-22-18-14-12-10-7-2)28-29(4)24-20-16-15-19-23-27-31(5)8-3/h8,30H,3-4,6-7,9-28H2,1-2,5H3. The second-order valence-electron chi connectivity index (χ2n) is 10.1. The Bertz CT molecular complexity index is 370. The molecule has 0 N–H and O–H groups in total. The van der Waals surface area contributed by atoms with Crippen LogP contribution in [-0.4, -0.2) is 18.5 Å². The van der Waals surface area contributed by atoms with Crippen molar-refractivity contribution in [2.24, 2.45) is 5.92 Å². The van der Waals surface area contributed by atoms with Crippen LogP contribution in [0.3, 0.4) is 0 Å². The van der Waals surface area contributed by atoms with E-state index in [2.05, 4.69) is 39.0 Å². The third-order valence-corrected chi connectivity index (χ3v) is 6.86. The van der Waals surface area contributed by atoms with Crippen molar-refractivity contribution in [3.63, 3.8) is 0 Å². The summed E-state index contributed by atoms with van der Waals surface area (Å²) in [5.41, 5.74) is 1.54. The number of allylic oxidation sites excluding steroid dienone is 1. The molecule has 31 heavy (non-hydrogen) atoms. The van der Waals surface area contributed by atoms with E-state index in [1.165, 1.54) is 140 Å². The van der Waals surface area contributed by atoms with Gasteiger partial charge in [0.1, 0.15) is 0 Å². The minimum atomic E-state index is 0.902. The summed E-state index contributed by atoms with van der Waals surface area (Å²) in [5, 5.41) is 0. The molecule has 0 spiro atoms. The molecule has 1 nitrogen and oxygen atoms in total. The van der Waals surface area contributed by atoms with E-state index in [1.807, 2.05) is 6.20 Å². The summed E-state index contributed by atoms with van der Waals surface area (Å²) in [4.78, 5) is 2.19. The molecule has 0 amide bonds. The smallest absolute Gasteiger partial charge is 0.0169 e. The molecule has 0 aromatic heterocycles. The lowest BCUT2D eigenvalue weighted by molar-refractivity contribution is 0.395. The van der Waals surface area contributed by atoms with Crippen LogP contribution < -0.4 is 0 Å². The highest BCUT2D eigenvalue weighted by atomic mass is 15.1. The lowest BCUT2D eigenvalue weighted by Gasteiger charge is -2.19. The maximum absolute atomic E-state index is 4.48. The Morgan fingerprint density at radius 3 is 1.65 bits per heavy atom. The zero-order valence-corrected chi connectivity index (χ0v) is 22.1. The van der Waals surface area contributed by atoms with Gasteiger partial charge in [-0.25, -0.2) is 0 Å². The lowest BCUT2D eigenvalue weighted by Crippen LogP contribution is -2.11. The Hall–Kier alpha value is -0.720. The van der Waals surface area contributed by atoms with Gasteiger partial charge in [0.15, 0.2) is 0 Å². The van der Waals surface area contributed by atoms with Crippen LogP contribution in [0.4, 0.5) is 0 Å². The molecule has 0 bridgehead atoms. The van der Waals surface area contributed by atoms with Crippen molar-refractivity contribution in [2.45, 2.75) is 149 Å². The summed E-state index contributed by atoms with van der Waals surface area (Å²) in [6, 6.07) is 0. The van der Waals surface area contributed by atoms with Gasteiger partial charge >= 0.3 is 0 Å². The van der Waals surface area contributed by atoms with Gasteiger partial charge in [0.2, 0.25) is 0 Å². The molecule has 0 aliphatic rings. The highest BCUT2D eigenvalue weighted by Gasteiger charge is 2.10. The fourth-order valence-corrected chi connectivity index (χ4v) is 4.64. The number of hydrogen-bond donors (Lipinski definition) is 0. The SMILES string of the molecule is C=CN(C)CCCCCCCC(=C)CC(CCCCCCCC)CCCCCCCC. The van der Waals surface area contributed by atoms with E-state index in [1.54, 1.807) is 0 Å². The van der Waals surface area contributed by atoms with E-state index in [0.717, 1.165) is 12.5 Å². The zero-order chi connectivity index (χ0) is 23.0. The van der Waals surface area contributed by atoms with Crippen LogP contribution in [0.25, 0.3) is 0 Å². The van der Waals surface area contributed by atoms with Gasteiger partial charge in [-0.1, -0.05) is 142 Å². The lowest BCUT2D eigenvalue weighted by atomic mass is 9.87. The molecule has 1 heteroatoms. The molecule has 0 saturated carbocycles. The Morgan fingerprint density at radius 2 is 1.13 bits per heavy atom. The maximum atomic E-state index is 4.48. The van der Waals surface area contributed by atoms with Crippen LogP contribution >= 0.6 is 0 Å². The summed E-state index contributed by atoms with van der Waals surface area (Å²) in [6.45, 7) is 14.1. The van der Waals surface area contributed by atoms with E-state index < -0.39 is 0 Å². The van der Waals surface area contributed by atoms with Crippen molar-refractivity contribution in [3.05, 3.63) is 24.9 Å². The number of hydrogen-bond acceptors (Lipinski definition) is 1. The monoisotopic (exact) mass is 433 g/mol. The molecular formula is C30H59N. The molecule has 0 unspecified atom stereocenters. The van der Waals surface area contributed by atoms with Crippen molar-refractivity contribution in [1.29, 1.82) is 0 Å². The molecule has 0 aromatic carbocycles. The van der Waals surface area contributed by atoms with E-state index >= 15 is 0 Å². The zero-order valence-electron chi connectivity index (χ0n) is 22.1. The maximum Gasteiger partial charge on any atom is 0.0169 e. The fraction of sp³-hybridized carbons (Fsp3) is 0.867. The second-order valence-corrected chi connectivity index (χ2v) is 10.1. The number of unbranched alkanes of at least 4 members (excludes halogenated alkanes) is 14. The Balaban J connectivity index is 4.00. The van der Waals surface area contributed by atoms with Gasteiger partial charge in [-0.15, -0.1) is 0 Å². The molecule has 0 aromatic rings. The van der Waals surface area contributed by atoms with Gasteiger partial charge in [-0.05, 0) is 37.8 Å². The van der Waals surface area contributed by atoms with Crippen LogP contribution in [0.15, 0.2) is 24.9 Å². The Labute approximate surface area is 198 Å². The van der Waals surface area contributed by atoms with E-state index in [-0.39, 0.29) is 0 Å². The van der Waals surface area contributed by atoms with Gasteiger partial charge in [0.25, 0.3) is 0 Å². The quantitative estimate of drug-likeness (QED) is 0.102. The van der Waals surface area contributed by atoms with Crippen LogP contribution in [-0.2, 0) is 0 Å². The largest absolute Gasteiger partial charge is 0.381 e. The van der Waals surface area contributed by atoms with Crippen molar-refractivity contribution in [1.82, 2.24) is 4.90 Å². The normalized spacial score (nSPS) is 11.2. The van der Waals surface area contributed by atoms with Gasteiger partial charge in [-0.3, -0.25) is 0 Å². The van der Waals surface area contributed by atoms with Crippen molar-refractivity contribution in [3.8, 4) is 0 Å². The molecule has 0 fully saturated rings. The van der Waals surface area contributed by atoms with E-state index in [4.69, 9.17) is 0 Å². The summed E-state index contributed by atoms with van der Waals surface area (Å²) >= 11 is 0. The van der Waals surface area contributed by atoms with Gasteiger partial charge < -0.3 is 4.90 Å². The van der Waals surface area contributed by atoms with Crippen LogP contribution in [0.5, 0.6) is 0 Å². The number of rotatable bonds is 25. The molecular weight excluding hydrogens is 374 g/mol. The number of nitrogens with zero attached hydrogens (tertiary/aromatic N) is 1. The molecule has 0 saturated heterocycles.